The van der Waals surface area contributed by atoms with Gasteiger partial charge in [0, 0.05) is 5.56 Å². The number of hydrazone groups is 1. The van der Waals surface area contributed by atoms with E-state index in [2.05, 4.69) is 16.6 Å². The van der Waals surface area contributed by atoms with E-state index in [4.69, 9.17) is 4.74 Å². The van der Waals surface area contributed by atoms with Gasteiger partial charge in [0.25, 0.3) is 5.91 Å². The van der Waals surface area contributed by atoms with Crippen LogP contribution in [0.25, 0.3) is 21.5 Å². The highest BCUT2D eigenvalue weighted by molar-refractivity contribution is 7.92. The van der Waals surface area contributed by atoms with Crippen LogP contribution in [0.5, 0.6) is 11.5 Å². The zero-order valence-corrected chi connectivity index (χ0v) is 22.3. The van der Waals surface area contributed by atoms with Crippen molar-refractivity contribution >= 4 is 49.4 Å². The summed E-state index contributed by atoms with van der Waals surface area (Å²) < 4.78 is 32.3. The lowest BCUT2D eigenvalue weighted by Gasteiger charge is -2.27. The van der Waals surface area contributed by atoms with E-state index < -0.39 is 22.0 Å². The fourth-order valence-corrected chi connectivity index (χ4v) is 5.71. The highest BCUT2D eigenvalue weighted by atomic mass is 32.2. The molecule has 0 saturated carbocycles. The van der Waals surface area contributed by atoms with Gasteiger partial charge in [-0.3, -0.25) is 9.10 Å². The predicted octanol–water partition coefficient (Wildman–Crippen LogP) is 6.09. The van der Waals surface area contributed by atoms with Gasteiger partial charge in [-0.05, 0) is 70.9 Å². The third kappa shape index (κ3) is 5.76. The Hall–Kier alpha value is -4.69. The summed E-state index contributed by atoms with van der Waals surface area (Å²) in [4.78, 5) is 13.1. The van der Waals surface area contributed by atoms with Gasteiger partial charge in [-0.1, -0.05) is 66.7 Å². The lowest BCUT2D eigenvalue weighted by atomic mass is 9.97. The van der Waals surface area contributed by atoms with Crippen molar-refractivity contribution in [2.75, 3.05) is 10.6 Å². The summed E-state index contributed by atoms with van der Waals surface area (Å²) in [5.74, 6) is 0.642. The van der Waals surface area contributed by atoms with E-state index in [1.165, 1.54) is 6.92 Å². The molecule has 196 valence electrons. The molecule has 1 N–H and O–H groups in total. The van der Waals surface area contributed by atoms with Crippen LogP contribution in [-0.2, 0) is 14.8 Å². The Bertz CT molecular complexity index is 1720. The number of rotatable bonds is 8. The molecule has 0 aliphatic rings. The predicted molar refractivity (Wildman–Crippen MR) is 157 cm³/mol. The molecule has 0 unspecified atom stereocenters. The van der Waals surface area contributed by atoms with Gasteiger partial charge >= 0.3 is 0 Å². The summed E-state index contributed by atoms with van der Waals surface area (Å²) in [6, 6.07) is 32.8. The second-order valence-corrected chi connectivity index (χ2v) is 11.0. The second kappa shape index (κ2) is 11.0. The Morgan fingerprint density at radius 2 is 1.36 bits per heavy atom. The topological polar surface area (TPSA) is 88.1 Å². The summed E-state index contributed by atoms with van der Waals surface area (Å²) in [7, 11) is -3.79. The van der Waals surface area contributed by atoms with Gasteiger partial charge in [0.15, 0.2) is 0 Å². The van der Waals surface area contributed by atoms with Crippen LogP contribution in [0.2, 0.25) is 0 Å². The lowest BCUT2D eigenvalue weighted by Crippen LogP contribution is -2.46. The van der Waals surface area contributed by atoms with Crippen molar-refractivity contribution in [3.05, 3.63) is 115 Å². The lowest BCUT2D eigenvalue weighted by molar-refractivity contribution is -0.121. The molecule has 8 heteroatoms. The molecule has 0 aromatic heterocycles. The number of hydrogen-bond donors (Lipinski definition) is 1. The molecular formula is C31H27N3O4S. The summed E-state index contributed by atoms with van der Waals surface area (Å²) in [6.45, 7) is 1.52. The van der Waals surface area contributed by atoms with E-state index in [1.807, 2.05) is 78.9 Å². The van der Waals surface area contributed by atoms with Gasteiger partial charge < -0.3 is 4.74 Å². The Morgan fingerprint density at radius 3 is 1.95 bits per heavy atom. The van der Waals surface area contributed by atoms with Crippen LogP contribution in [0.3, 0.4) is 0 Å². The number of nitrogens with zero attached hydrogens (tertiary/aromatic N) is 2. The zero-order chi connectivity index (χ0) is 27.4. The van der Waals surface area contributed by atoms with Gasteiger partial charge in [0.2, 0.25) is 10.0 Å². The summed E-state index contributed by atoms with van der Waals surface area (Å²) in [5.41, 5.74) is 3.73. The van der Waals surface area contributed by atoms with Crippen molar-refractivity contribution in [1.82, 2.24) is 5.43 Å². The Balaban J connectivity index is 1.37. The van der Waals surface area contributed by atoms with Gasteiger partial charge in [-0.15, -0.1) is 0 Å². The van der Waals surface area contributed by atoms with Crippen molar-refractivity contribution < 1.29 is 17.9 Å². The summed E-state index contributed by atoms with van der Waals surface area (Å²) >= 11 is 0. The minimum atomic E-state index is -3.79. The molecule has 0 bridgehead atoms. The van der Waals surface area contributed by atoms with Gasteiger partial charge in [0.1, 0.15) is 17.5 Å². The number of carbonyl (C=O) groups excluding carboxylic acids is 1. The number of ether oxygens (including phenoxy) is 1. The van der Waals surface area contributed by atoms with E-state index in [0.717, 1.165) is 37.7 Å². The molecule has 0 aliphatic heterocycles. The highest BCUT2D eigenvalue weighted by Gasteiger charge is 2.29. The third-order valence-corrected chi connectivity index (χ3v) is 7.58. The largest absolute Gasteiger partial charge is 0.457 e. The zero-order valence-electron chi connectivity index (χ0n) is 21.5. The number of carbonyl (C=O) groups is 1. The summed E-state index contributed by atoms with van der Waals surface area (Å²) in [6.07, 6.45) is 2.67. The van der Waals surface area contributed by atoms with Crippen LogP contribution in [0.15, 0.2) is 114 Å². The number of amides is 1. The number of hydrogen-bond acceptors (Lipinski definition) is 5. The molecule has 0 radical (unpaired) electrons. The minimum absolute atomic E-state index is 0.338. The maximum Gasteiger partial charge on any atom is 0.263 e. The average Bonchev–Trinajstić information content (AvgIpc) is 2.93. The first-order valence-corrected chi connectivity index (χ1v) is 14.2. The quantitative estimate of drug-likeness (QED) is 0.147. The van der Waals surface area contributed by atoms with Crippen molar-refractivity contribution in [2.24, 2.45) is 5.10 Å². The van der Waals surface area contributed by atoms with E-state index in [9.17, 15) is 13.2 Å². The summed E-state index contributed by atoms with van der Waals surface area (Å²) in [5, 5.41) is 8.32. The molecule has 5 aromatic carbocycles. The van der Waals surface area contributed by atoms with E-state index in [1.54, 1.807) is 30.5 Å². The molecule has 5 rings (SSSR count). The fraction of sp³-hybridized carbons (Fsp3) is 0.0968. The molecule has 0 spiro atoms. The number of para-hydroxylation sites is 1. The van der Waals surface area contributed by atoms with E-state index in [-0.39, 0.29) is 0 Å². The Kier molecular flexibility index (Phi) is 7.29. The van der Waals surface area contributed by atoms with Crippen LogP contribution in [-0.4, -0.2) is 32.8 Å². The number of anilines is 1. The van der Waals surface area contributed by atoms with Crippen LogP contribution in [0, 0.1) is 0 Å². The van der Waals surface area contributed by atoms with Crippen molar-refractivity contribution in [3.63, 3.8) is 0 Å². The number of sulfonamides is 1. The average molecular weight is 538 g/mol. The van der Waals surface area contributed by atoms with Crippen LogP contribution >= 0.6 is 0 Å². The molecule has 0 heterocycles. The Labute approximate surface area is 227 Å². The molecular weight excluding hydrogens is 510 g/mol. The van der Waals surface area contributed by atoms with Crippen molar-refractivity contribution in [1.29, 1.82) is 0 Å². The molecule has 0 aliphatic carbocycles. The molecule has 39 heavy (non-hydrogen) atoms. The highest BCUT2D eigenvalue weighted by Crippen LogP contribution is 2.28. The third-order valence-electron chi connectivity index (χ3n) is 6.34. The Morgan fingerprint density at radius 1 is 0.821 bits per heavy atom. The first-order chi connectivity index (χ1) is 18.8. The fourth-order valence-electron chi connectivity index (χ4n) is 4.54. The standard InChI is InChI=1S/C31H27N3O4S/c1-22(34(39(2,36)37)25-16-18-27(19-17-25)38-26-12-4-3-5-13-26)31(35)33-32-21-30-28-14-8-6-10-23(28)20-24-11-7-9-15-29(24)30/h3-22H,1-2H3,(H,33,35)/b32-21-/t22-/m1/s1. The molecule has 0 saturated heterocycles. The van der Waals surface area contributed by atoms with Gasteiger partial charge in [0.05, 0.1) is 18.2 Å². The smallest absolute Gasteiger partial charge is 0.263 e. The SMILES string of the molecule is C[C@H](C(=O)N/N=C\c1c2ccccc2cc2ccccc12)N(c1ccc(Oc2ccccc2)cc1)S(C)(=O)=O. The first-order valence-electron chi connectivity index (χ1n) is 12.4. The van der Waals surface area contributed by atoms with Crippen molar-refractivity contribution in [2.45, 2.75) is 13.0 Å². The number of nitrogens with one attached hydrogen (secondary N) is 1. The molecule has 0 fully saturated rings. The molecule has 1 amide bonds. The maximum absolute atomic E-state index is 13.1. The first kappa shape index (κ1) is 25.9. The minimum Gasteiger partial charge on any atom is -0.457 e. The van der Waals surface area contributed by atoms with Gasteiger partial charge in [-0.2, -0.15) is 5.10 Å². The van der Waals surface area contributed by atoms with Crippen molar-refractivity contribution in [3.8, 4) is 11.5 Å². The number of fused-ring (bicyclic) bond motifs is 2. The second-order valence-electron chi connectivity index (χ2n) is 9.11. The van der Waals surface area contributed by atoms with E-state index in [0.29, 0.717) is 17.2 Å². The monoisotopic (exact) mass is 537 g/mol. The maximum atomic E-state index is 13.1. The molecule has 7 nitrogen and oxygen atoms in total. The van der Waals surface area contributed by atoms with Gasteiger partial charge in [-0.25, -0.2) is 13.8 Å². The van der Waals surface area contributed by atoms with Crippen LogP contribution in [0.4, 0.5) is 5.69 Å². The van der Waals surface area contributed by atoms with Crippen LogP contribution < -0.4 is 14.5 Å². The normalized spacial score (nSPS) is 12.5. The van der Waals surface area contributed by atoms with E-state index >= 15 is 0 Å². The molecule has 1 atom stereocenters. The molecule has 5 aromatic rings. The number of benzene rings is 5. The van der Waals surface area contributed by atoms with Crippen LogP contribution in [0.1, 0.15) is 12.5 Å².